The maximum Gasteiger partial charge on any atom is 0.216 e. The third kappa shape index (κ3) is 3.47. The second kappa shape index (κ2) is 7.01. The number of rotatable bonds is 3. The summed E-state index contributed by atoms with van der Waals surface area (Å²) in [4.78, 5) is 7.56. The Bertz CT molecular complexity index is 490. The van der Waals surface area contributed by atoms with E-state index in [4.69, 9.17) is 9.47 Å². The second-order valence-electron chi connectivity index (χ2n) is 4.18. The standard InChI is InChI=1S/C10H12N2O.C4H10O/c1-6-4-8-9(7(2)5-11-8)12-10(6)13-3;1-3-4-5-2/h4-5,11H,1-3H3;3-4H2,1-2H3. The van der Waals surface area contributed by atoms with Gasteiger partial charge in [-0.3, -0.25) is 0 Å². The SMILES string of the molecule is CCCOC.COc1nc2c(C)c[nH]c2cc1C. The number of fused-ring (bicyclic) bond motifs is 1. The van der Waals surface area contributed by atoms with Crippen LogP contribution in [0, 0.1) is 13.8 Å². The van der Waals surface area contributed by atoms with E-state index in [0.717, 1.165) is 35.2 Å². The molecule has 0 fully saturated rings. The summed E-state index contributed by atoms with van der Waals surface area (Å²) in [5.74, 6) is 0.704. The fourth-order valence-electron chi connectivity index (χ4n) is 1.67. The average Bonchev–Trinajstić information content (AvgIpc) is 2.71. The highest BCUT2D eigenvalue weighted by Gasteiger charge is 2.05. The van der Waals surface area contributed by atoms with E-state index in [1.54, 1.807) is 14.2 Å². The third-order valence-electron chi connectivity index (χ3n) is 2.59. The number of H-pyrrole nitrogens is 1. The normalized spacial score (nSPS) is 10.1. The lowest BCUT2D eigenvalue weighted by Crippen LogP contribution is -1.91. The predicted molar refractivity (Wildman–Crippen MR) is 74.3 cm³/mol. The van der Waals surface area contributed by atoms with Crippen molar-refractivity contribution in [1.82, 2.24) is 9.97 Å². The lowest BCUT2D eigenvalue weighted by molar-refractivity contribution is 0.199. The molecule has 100 valence electrons. The molecular formula is C14H22N2O2. The molecule has 0 aliphatic heterocycles. The molecule has 0 aromatic carbocycles. The van der Waals surface area contributed by atoms with Crippen LogP contribution >= 0.6 is 0 Å². The zero-order chi connectivity index (χ0) is 13.5. The Hall–Kier alpha value is -1.55. The Morgan fingerprint density at radius 2 is 1.94 bits per heavy atom. The van der Waals surface area contributed by atoms with E-state index in [-0.39, 0.29) is 0 Å². The minimum atomic E-state index is 0.704. The highest BCUT2D eigenvalue weighted by Crippen LogP contribution is 2.22. The smallest absolute Gasteiger partial charge is 0.216 e. The fourth-order valence-corrected chi connectivity index (χ4v) is 1.67. The Morgan fingerprint density at radius 1 is 1.22 bits per heavy atom. The first-order chi connectivity index (χ1) is 8.63. The van der Waals surface area contributed by atoms with Crippen LogP contribution in [0.25, 0.3) is 11.0 Å². The summed E-state index contributed by atoms with van der Waals surface area (Å²) < 4.78 is 9.84. The molecule has 2 aromatic heterocycles. The summed E-state index contributed by atoms with van der Waals surface area (Å²) >= 11 is 0. The van der Waals surface area contributed by atoms with Gasteiger partial charge in [0.1, 0.15) is 0 Å². The number of ether oxygens (including phenoxy) is 2. The predicted octanol–water partition coefficient (Wildman–Crippen LogP) is 3.23. The topological polar surface area (TPSA) is 47.1 Å². The van der Waals surface area contributed by atoms with Gasteiger partial charge in [0.2, 0.25) is 5.88 Å². The van der Waals surface area contributed by atoms with E-state index < -0.39 is 0 Å². The van der Waals surface area contributed by atoms with Crippen molar-refractivity contribution in [1.29, 1.82) is 0 Å². The van der Waals surface area contributed by atoms with Crippen LogP contribution < -0.4 is 4.74 Å². The Balaban J connectivity index is 0.000000280. The lowest BCUT2D eigenvalue weighted by atomic mass is 10.2. The van der Waals surface area contributed by atoms with E-state index in [2.05, 4.69) is 16.9 Å². The molecule has 18 heavy (non-hydrogen) atoms. The highest BCUT2D eigenvalue weighted by molar-refractivity contribution is 5.80. The molecule has 0 atom stereocenters. The molecule has 0 amide bonds. The van der Waals surface area contributed by atoms with E-state index in [1.807, 2.05) is 26.1 Å². The number of hydrogen-bond acceptors (Lipinski definition) is 3. The maximum absolute atomic E-state index is 5.15. The van der Waals surface area contributed by atoms with Crippen LogP contribution in [-0.2, 0) is 4.74 Å². The number of aryl methyl sites for hydroxylation is 2. The van der Waals surface area contributed by atoms with Crippen LogP contribution in [0.15, 0.2) is 12.3 Å². The molecule has 1 N–H and O–H groups in total. The lowest BCUT2D eigenvalue weighted by Gasteiger charge is -2.02. The van der Waals surface area contributed by atoms with Crippen molar-refractivity contribution in [2.45, 2.75) is 27.2 Å². The zero-order valence-electron chi connectivity index (χ0n) is 11.8. The molecule has 4 heteroatoms. The van der Waals surface area contributed by atoms with Crippen LogP contribution in [0.5, 0.6) is 5.88 Å². The first-order valence-electron chi connectivity index (χ1n) is 6.12. The monoisotopic (exact) mass is 250 g/mol. The van der Waals surface area contributed by atoms with Gasteiger partial charge in [-0.2, -0.15) is 0 Å². The molecule has 0 spiro atoms. The van der Waals surface area contributed by atoms with Crippen LogP contribution in [0.1, 0.15) is 24.5 Å². The molecule has 0 saturated heterocycles. The fraction of sp³-hybridized carbons (Fsp3) is 0.500. The summed E-state index contributed by atoms with van der Waals surface area (Å²) in [6.07, 6.45) is 3.08. The van der Waals surface area contributed by atoms with Gasteiger partial charge < -0.3 is 14.5 Å². The molecule has 0 unspecified atom stereocenters. The number of pyridine rings is 1. The zero-order valence-corrected chi connectivity index (χ0v) is 11.8. The largest absolute Gasteiger partial charge is 0.481 e. The molecule has 2 rings (SSSR count). The molecule has 4 nitrogen and oxygen atoms in total. The van der Waals surface area contributed by atoms with Crippen LogP contribution in [-0.4, -0.2) is 30.8 Å². The molecule has 0 saturated carbocycles. The van der Waals surface area contributed by atoms with Crippen molar-refractivity contribution in [2.75, 3.05) is 20.8 Å². The number of aromatic amines is 1. The van der Waals surface area contributed by atoms with Crippen molar-refractivity contribution in [3.8, 4) is 5.88 Å². The van der Waals surface area contributed by atoms with Crippen molar-refractivity contribution in [3.63, 3.8) is 0 Å². The highest BCUT2D eigenvalue weighted by atomic mass is 16.5. The summed E-state index contributed by atoms with van der Waals surface area (Å²) in [6.45, 7) is 6.99. The Kier molecular flexibility index (Phi) is 5.65. The van der Waals surface area contributed by atoms with Gasteiger partial charge in [0.05, 0.1) is 18.1 Å². The van der Waals surface area contributed by atoms with Gasteiger partial charge in [0.25, 0.3) is 0 Å². The Labute approximate surface area is 108 Å². The molecule has 2 heterocycles. The minimum Gasteiger partial charge on any atom is -0.481 e. The van der Waals surface area contributed by atoms with E-state index >= 15 is 0 Å². The summed E-state index contributed by atoms with van der Waals surface area (Å²) in [6, 6.07) is 2.05. The molecule has 0 radical (unpaired) electrons. The quantitative estimate of drug-likeness (QED) is 0.909. The van der Waals surface area contributed by atoms with Crippen LogP contribution in [0.4, 0.5) is 0 Å². The summed E-state index contributed by atoms with van der Waals surface area (Å²) in [5.41, 5.74) is 4.25. The Morgan fingerprint density at radius 3 is 2.44 bits per heavy atom. The number of nitrogens with zero attached hydrogens (tertiary/aromatic N) is 1. The van der Waals surface area contributed by atoms with Crippen molar-refractivity contribution >= 4 is 11.0 Å². The molecular weight excluding hydrogens is 228 g/mol. The second-order valence-corrected chi connectivity index (χ2v) is 4.18. The van der Waals surface area contributed by atoms with Crippen molar-refractivity contribution in [3.05, 3.63) is 23.4 Å². The van der Waals surface area contributed by atoms with Gasteiger partial charge >= 0.3 is 0 Å². The van der Waals surface area contributed by atoms with Crippen LogP contribution in [0.2, 0.25) is 0 Å². The van der Waals surface area contributed by atoms with Gasteiger partial charge in [-0.15, -0.1) is 0 Å². The number of aromatic nitrogens is 2. The van der Waals surface area contributed by atoms with Crippen molar-refractivity contribution in [2.24, 2.45) is 0 Å². The average molecular weight is 250 g/mol. The van der Waals surface area contributed by atoms with Crippen molar-refractivity contribution < 1.29 is 9.47 Å². The van der Waals surface area contributed by atoms with Crippen LogP contribution in [0.3, 0.4) is 0 Å². The first-order valence-corrected chi connectivity index (χ1v) is 6.12. The molecule has 0 aliphatic carbocycles. The minimum absolute atomic E-state index is 0.704. The van der Waals surface area contributed by atoms with Gasteiger partial charge in [0, 0.05) is 25.5 Å². The third-order valence-corrected chi connectivity index (χ3v) is 2.59. The number of hydrogen-bond donors (Lipinski definition) is 1. The van der Waals surface area contributed by atoms with E-state index in [1.165, 1.54) is 0 Å². The van der Waals surface area contributed by atoms with E-state index in [0.29, 0.717) is 5.88 Å². The van der Waals surface area contributed by atoms with Gasteiger partial charge in [-0.1, -0.05) is 6.92 Å². The number of methoxy groups -OCH3 is 2. The van der Waals surface area contributed by atoms with Gasteiger partial charge in [-0.25, -0.2) is 4.98 Å². The number of nitrogens with one attached hydrogen (secondary N) is 1. The maximum atomic E-state index is 5.15. The molecule has 0 bridgehead atoms. The first kappa shape index (κ1) is 14.5. The van der Waals surface area contributed by atoms with E-state index in [9.17, 15) is 0 Å². The summed E-state index contributed by atoms with van der Waals surface area (Å²) in [5, 5.41) is 0. The molecule has 0 aliphatic rings. The summed E-state index contributed by atoms with van der Waals surface area (Å²) in [7, 11) is 3.35. The van der Waals surface area contributed by atoms with Gasteiger partial charge in [0.15, 0.2) is 0 Å². The molecule has 2 aromatic rings. The van der Waals surface area contributed by atoms with Gasteiger partial charge in [-0.05, 0) is 31.9 Å².